The Balaban J connectivity index is 4.47. The van der Waals surface area contributed by atoms with Crippen LogP contribution in [0.4, 0.5) is 0 Å². The summed E-state index contributed by atoms with van der Waals surface area (Å²) in [5, 5.41) is 11.6. The van der Waals surface area contributed by atoms with E-state index < -0.39 is 18.1 Å². The first kappa shape index (κ1) is 53.5. The predicted molar refractivity (Wildman–Crippen MR) is 235 cm³/mol. The van der Waals surface area contributed by atoms with Crippen LogP contribution in [0.3, 0.4) is 0 Å². The van der Waals surface area contributed by atoms with Gasteiger partial charge in [0.25, 0.3) is 0 Å². The number of hydrogen-bond donors (Lipinski definition) is 0. The fraction of sp³-hybridized carbons (Fsp3) is 0.653. The van der Waals surface area contributed by atoms with E-state index in [1.807, 2.05) is 6.08 Å². The molecule has 324 valence electrons. The zero-order valence-corrected chi connectivity index (χ0v) is 36.7. The minimum Gasteiger partial charge on any atom is -0.544 e. The summed E-state index contributed by atoms with van der Waals surface area (Å²) < 4.78 is 17.1. The van der Waals surface area contributed by atoms with Crippen LogP contribution in [-0.2, 0) is 28.6 Å². The Morgan fingerprint density at radius 1 is 0.544 bits per heavy atom. The molecular weight excluding hydrogens is 715 g/mol. The van der Waals surface area contributed by atoms with Crippen LogP contribution in [-0.4, -0.2) is 75.5 Å². The number of allylic oxidation sites excluding steroid dienone is 14. The number of aliphatic carboxylic acids is 1. The van der Waals surface area contributed by atoms with Gasteiger partial charge in [-0.1, -0.05) is 144 Å². The predicted octanol–water partition coefficient (Wildman–Crippen LogP) is 10.8. The SMILES string of the molecule is CC/C=C/C/C=C/C/C=C/C/C=C/C/C=C/CCCCCCC(=O)OC(COCCC(C(=O)[O-])[N+](C)(C)C)COC(=O)CC/C=C/C/C=C/CCCCCCCC. The molecule has 0 heterocycles. The molecule has 2 unspecified atom stereocenters. The second-order valence-corrected chi connectivity index (χ2v) is 15.5. The van der Waals surface area contributed by atoms with E-state index in [0.29, 0.717) is 6.42 Å². The number of quaternary nitrogens is 1. The first-order chi connectivity index (χ1) is 27.6. The molecule has 0 aromatic rings. The number of nitrogens with zero attached hydrogens (tertiary/aromatic N) is 1. The smallest absolute Gasteiger partial charge is 0.306 e. The molecule has 2 atom stereocenters. The van der Waals surface area contributed by atoms with Crippen molar-refractivity contribution in [3.63, 3.8) is 0 Å². The summed E-state index contributed by atoms with van der Waals surface area (Å²) in [5.74, 6) is -1.86. The number of rotatable bonds is 38. The lowest BCUT2D eigenvalue weighted by Crippen LogP contribution is -2.55. The molecule has 0 bridgehead atoms. The minimum atomic E-state index is -1.14. The summed E-state index contributed by atoms with van der Waals surface area (Å²) in [6.07, 6.45) is 50.5. The molecule has 0 aliphatic carbocycles. The number of carboxylic acid groups (broad SMARTS) is 1. The van der Waals surface area contributed by atoms with Crippen LogP contribution in [0.1, 0.15) is 155 Å². The van der Waals surface area contributed by atoms with E-state index in [1.165, 1.54) is 38.5 Å². The highest BCUT2D eigenvalue weighted by molar-refractivity contribution is 5.70. The van der Waals surface area contributed by atoms with Crippen LogP contribution < -0.4 is 5.11 Å². The van der Waals surface area contributed by atoms with E-state index in [2.05, 4.69) is 92.8 Å². The van der Waals surface area contributed by atoms with Crippen molar-refractivity contribution >= 4 is 17.9 Å². The Kier molecular flexibility index (Phi) is 36.9. The molecule has 8 nitrogen and oxygen atoms in total. The molecule has 8 heteroatoms. The first-order valence-electron chi connectivity index (χ1n) is 22.1. The molecule has 0 rings (SSSR count). The zero-order valence-electron chi connectivity index (χ0n) is 36.7. The summed E-state index contributed by atoms with van der Waals surface area (Å²) in [7, 11) is 5.37. The maximum absolute atomic E-state index is 12.7. The first-order valence-corrected chi connectivity index (χ1v) is 22.1. The van der Waals surface area contributed by atoms with E-state index >= 15 is 0 Å². The van der Waals surface area contributed by atoms with Gasteiger partial charge in [-0.15, -0.1) is 0 Å². The standard InChI is InChI=1S/C49H81NO7/c1-6-8-10-12-14-16-18-20-21-22-23-24-25-26-28-30-32-34-36-38-40-48(52)57-45(43-55-42-41-46(49(53)54)50(3,4)5)44-56-47(51)39-37-35-33-31-29-27-19-17-15-13-11-9-7-2/h8,10,14,16,20-21,23-24,26-29,33,35,45-46H,6-7,9,11-13,15,17-19,22,25,30-32,34,36-44H2,1-5H3/b10-8+,16-14+,21-20+,24-23+,28-26+,29-27+,35-33+. The average molecular weight is 796 g/mol. The van der Waals surface area contributed by atoms with Gasteiger partial charge in [-0.25, -0.2) is 0 Å². The van der Waals surface area contributed by atoms with Gasteiger partial charge in [-0.05, 0) is 77.0 Å². The van der Waals surface area contributed by atoms with E-state index in [-0.39, 0.29) is 55.5 Å². The van der Waals surface area contributed by atoms with E-state index in [1.54, 1.807) is 21.1 Å². The molecule has 0 aromatic heterocycles. The van der Waals surface area contributed by atoms with Gasteiger partial charge in [0.1, 0.15) is 12.6 Å². The molecule has 0 amide bonds. The number of carbonyl (C=O) groups excluding carboxylic acids is 3. The van der Waals surface area contributed by atoms with Gasteiger partial charge in [-0.2, -0.15) is 0 Å². The maximum atomic E-state index is 12.7. The van der Waals surface area contributed by atoms with Crippen molar-refractivity contribution in [3.8, 4) is 0 Å². The lowest BCUT2D eigenvalue weighted by Gasteiger charge is -2.34. The summed E-state index contributed by atoms with van der Waals surface area (Å²) in [4.78, 5) is 36.8. The highest BCUT2D eigenvalue weighted by Crippen LogP contribution is 2.11. The molecule has 57 heavy (non-hydrogen) atoms. The van der Waals surface area contributed by atoms with Gasteiger partial charge >= 0.3 is 11.9 Å². The summed E-state index contributed by atoms with van der Waals surface area (Å²) in [6.45, 7) is 4.43. The minimum absolute atomic E-state index is 0.00809. The fourth-order valence-electron chi connectivity index (χ4n) is 5.85. The van der Waals surface area contributed by atoms with Gasteiger partial charge < -0.3 is 28.6 Å². The van der Waals surface area contributed by atoms with Gasteiger partial charge in [0, 0.05) is 19.3 Å². The average Bonchev–Trinajstić information content (AvgIpc) is 3.17. The second-order valence-electron chi connectivity index (χ2n) is 15.5. The third-order valence-corrected chi connectivity index (χ3v) is 9.28. The number of hydrogen-bond acceptors (Lipinski definition) is 7. The van der Waals surface area contributed by atoms with Crippen LogP contribution in [0, 0.1) is 0 Å². The number of ether oxygens (including phenoxy) is 3. The van der Waals surface area contributed by atoms with Crippen LogP contribution in [0.25, 0.3) is 0 Å². The summed E-state index contributed by atoms with van der Waals surface area (Å²) in [6, 6.07) is -0.742. The molecule has 0 saturated heterocycles. The van der Waals surface area contributed by atoms with Crippen LogP contribution in [0.2, 0.25) is 0 Å². The van der Waals surface area contributed by atoms with Crippen LogP contribution in [0.5, 0.6) is 0 Å². The molecule has 0 N–H and O–H groups in total. The molecule has 0 radical (unpaired) electrons. The molecular formula is C49H81NO7. The number of carboxylic acids is 1. The molecule has 0 aromatic carbocycles. The second kappa shape index (κ2) is 39.3. The highest BCUT2D eigenvalue weighted by atomic mass is 16.6. The number of esters is 2. The Morgan fingerprint density at radius 3 is 1.53 bits per heavy atom. The topological polar surface area (TPSA) is 102 Å². The summed E-state index contributed by atoms with van der Waals surface area (Å²) >= 11 is 0. The van der Waals surface area contributed by atoms with Crippen molar-refractivity contribution in [1.82, 2.24) is 0 Å². The van der Waals surface area contributed by atoms with Crippen LogP contribution >= 0.6 is 0 Å². The van der Waals surface area contributed by atoms with E-state index in [9.17, 15) is 19.5 Å². The van der Waals surface area contributed by atoms with Crippen molar-refractivity contribution in [2.75, 3.05) is 41.0 Å². The van der Waals surface area contributed by atoms with E-state index in [0.717, 1.165) is 77.0 Å². The summed E-state index contributed by atoms with van der Waals surface area (Å²) in [5.41, 5.74) is 0. The Hall–Kier alpha value is -3.49. The van der Waals surface area contributed by atoms with Gasteiger partial charge in [0.15, 0.2) is 6.10 Å². The van der Waals surface area contributed by atoms with Gasteiger partial charge in [0.2, 0.25) is 0 Å². The highest BCUT2D eigenvalue weighted by Gasteiger charge is 2.25. The van der Waals surface area contributed by atoms with Crippen molar-refractivity contribution in [2.45, 2.75) is 167 Å². The molecule has 0 fully saturated rings. The fourth-order valence-corrected chi connectivity index (χ4v) is 5.85. The number of carbonyl (C=O) groups is 3. The Morgan fingerprint density at radius 2 is 1.02 bits per heavy atom. The van der Waals surface area contributed by atoms with Crippen LogP contribution in [0.15, 0.2) is 85.1 Å². The van der Waals surface area contributed by atoms with E-state index in [4.69, 9.17) is 14.2 Å². The molecule has 0 saturated carbocycles. The van der Waals surface area contributed by atoms with Crippen molar-refractivity contribution in [2.24, 2.45) is 0 Å². The number of likely N-dealkylation sites (N-methyl/N-ethyl adjacent to an activating group) is 1. The molecule has 0 spiro atoms. The van der Waals surface area contributed by atoms with Gasteiger partial charge in [-0.3, -0.25) is 9.59 Å². The Labute approximate surface area is 348 Å². The molecule has 0 aliphatic rings. The zero-order chi connectivity index (χ0) is 42.1. The van der Waals surface area contributed by atoms with Crippen molar-refractivity contribution in [3.05, 3.63) is 85.1 Å². The van der Waals surface area contributed by atoms with Crippen molar-refractivity contribution in [1.29, 1.82) is 0 Å². The Bertz CT molecular complexity index is 1200. The third kappa shape index (κ3) is 37.8. The van der Waals surface area contributed by atoms with Gasteiger partial charge in [0.05, 0.1) is 40.3 Å². The monoisotopic (exact) mass is 796 g/mol. The molecule has 0 aliphatic heterocycles. The normalized spacial score (nSPS) is 13.8. The quantitative estimate of drug-likeness (QED) is 0.0265. The lowest BCUT2D eigenvalue weighted by atomic mass is 10.1. The number of unbranched alkanes of at least 4 members (excludes halogenated alkanes) is 10. The lowest BCUT2D eigenvalue weighted by molar-refractivity contribution is -0.889. The van der Waals surface area contributed by atoms with Crippen molar-refractivity contribution < 1.29 is 38.2 Å². The largest absolute Gasteiger partial charge is 0.544 e. The third-order valence-electron chi connectivity index (χ3n) is 9.28. The maximum Gasteiger partial charge on any atom is 0.306 e.